The van der Waals surface area contributed by atoms with Gasteiger partial charge in [-0.15, -0.1) is 0 Å². The van der Waals surface area contributed by atoms with Gasteiger partial charge in [-0.05, 0) is 19.0 Å². The molecule has 1 aromatic rings. The number of hydrogen-bond acceptors (Lipinski definition) is 4. The van der Waals surface area contributed by atoms with Crippen LogP contribution in [-0.4, -0.2) is 31.2 Å². The Balaban J connectivity index is 1.91. The van der Waals surface area contributed by atoms with Crippen LogP contribution in [0.15, 0.2) is 18.3 Å². The van der Waals surface area contributed by atoms with E-state index in [1.165, 1.54) is 6.42 Å². The average Bonchev–Trinajstić information content (AvgIpc) is 2.79. The van der Waals surface area contributed by atoms with E-state index in [1.807, 2.05) is 12.1 Å². The van der Waals surface area contributed by atoms with Crippen LogP contribution in [0.3, 0.4) is 0 Å². The number of pyridine rings is 1. The third kappa shape index (κ3) is 2.67. The van der Waals surface area contributed by atoms with Gasteiger partial charge in [0.05, 0.1) is 7.11 Å². The molecule has 4 nitrogen and oxygen atoms in total. The Hall–Kier alpha value is -1.13. The molecule has 0 aliphatic carbocycles. The van der Waals surface area contributed by atoms with Gasteiger partial charge in [0.1, 0.15) is 0 Å². The number of hydrogen-bond donors (Lipinski definition) is 2. The molecule has 82 valence electrons. The minimum absolute atomic E-state index is 0.579. The molecule has 0 saturated carbocycles. The fourth-order valence-electron chi connectivity index (χ4n) is 1.83. The largest absolute Gasteiger partial charge is 0.481 e. The van der Waals surface area contributed by atoms with Crippen LogP contribution in [0.4, 0.5) is 0 Å². The van der Waals surface area contributed by atoms with E-state index >= 15 is 0 Å². The lowest BCUT2D eigenvalue weighted by Crippen LogP contribution is -2.30. The molecular weight excluding hydrogens is 190 g/mol. The summed E-state index contributed by atoms with van der Waals surface area (Å²) in [6, 6.07) is 4.56. The standard InChI is InChI=1S/C11H17N3O/c1-15-11-9(3-2-5-13-11)7-14-10-4-6-12-8-10/h2-3,5,10,12,14H,4,6-8H2,1H3. The lowest BCUT2D eigenvalue weighted by Gasteiger charge is -2.12. The summed E-state index contributed by atoms with van der Waals surface area (Å²) in [5.74, 6) is 0.718. The molecular formula is C11H17N3O. The van der Waals surface area contributed by atoms with Gasteiger partial charge >= 0.3 is 0 Å². The van der Waals surface area contributed by atoms with Crippen LogP contribution in [0.2, 0.25) is 0 Å². The monoisotopic (exact) mass is 207 g/mol. The second kappa shape index (κ2) is 5.09. The number of nitrogens with zero attached hydrogens (tertiary/aromatic N) is 1. The molecule has 1 fully saturated rings. The zero-order valence-electron chi connectivity index (χ0n) is 8.99. The number of ether oxygens (including phenoxy) is 1. The quantitative estimate of drug-likeness (QED) is 0.756. The van der Waals surface area contributed by atoms with Gasteiger partial charge in [0.15, 0.2) is 0 Å². The van der Waals surface area contributed by atoms with E-state index in [1.54, 1.807) is 13.3 Å². The number of methoxy groups -OCH3 is 1. The van der Waals surface area contributed by atoms with E-state index in [9.17, 15) is 0 Å². The summed E-state index contributed by atoms with van der Waals surface area (Å²) in [6.45, 7) is 2.99. The molecule has 0 amide bonds. The van der Waals surface area contributed by atoms with E-state index in [4.69, 9.17) is 4.74 Å². The van der Waals surface area contributed by atoms with Crippen LogP contribution in [-0.2, 0) is 6.54 Å². The van der Waals surface area contributed by atoms with Crippen LogP contribution in [0.1, 0.15) is 12.0 Å². The van der Waals surface area contributed by atoms with E-state index in [2.05, 4.69) is 15.6 Å². The first-order valence-electron chi connectivity index (χ1n) is 5.32. The van der Waals surface area contributed by atoms with Crippen molar-refractivity contribution in [1.82, 2.24) is 15.6 Å². The number of nitrogens with one attached hydrogen (secondary N) is 2. The van der Waals surface area contributed by atoms with Gasteiger partial charge in [0.25, 0.3) is 0 Å². The van der Waals surface area contributed by atoms with Crippen molar-refractivity contribution in [1.29, 1.82) is 0 Å². The molecule has 2 N–H and O–H groups in total. The first-order chi connectivity index (χ1) is 7.40. The van der Waals surface area contributed by atoms with Crippen molar-refractivity contribution >= 4 is 0 Å². The maximum Gasteiger partial charge on any atom is 0.217 e. The fourth-order valence-corrected chi connectivity index (χ4v) is 1.83. The Morgan fingerprint density at radius 3 is 3.33 bits per heavy atom. The van der Waals surface area contributed by atoms with Gasteiger partial charge in [-0.2, -0.15) is 0 Å². The maximum absolute atomic E-state index is 5.19. The number of rotatable bonds is 4. The SMILES string of the molecule is COc1ncccc1CNC1CCNC1. The zero-order chi connectivity index (χ0) is 10.5. The topological polar surface area (TPSA) is 46.2 Å². The van der Waals surface area contributed by atoms with Crippen molar-refractivity contribution < 1.29 is 4.74 Å². The summed E-state index contributed by atoms with van der Waals surface area (Å²) in [5, 5.41) is 6.82. The zero-order valence-corrected chi connectivity index (χ0v) is 8.99. The van der Waals surface area contributed by atoms with Crippen LogP contribution >= 0.6 is 0 Å². The summed E-state index contributed by atoms with van der Waals surface area (Å²) in [6.07, 6.45) is 2.95. The minimum Gasteiger partial charge on any atom is -0.481 e. The molecule has 0 aromatic carbocycles. The second-order valence-corrected chi connectivity index (χ2v) is 3.74. The first kappa shape index (κ1) is 10.4. The Bertz CT molecular complexity index is 310. The predicted molar refractivity (Wildman–Crippen MR) is 58.9 cm³/mol. The summed E-state index contributed by atoms with van der Waals surface area (Å²) in [7, 11) is 1.66. The Labute approximate surface area is 90.0 Å². The van der Waals surface area contributed by atoms with Crippen molar-refractivity contribution in [3.05, 3.63) is 23.9 Å². The summed E-state index contributed by atoms with van der Waals surface area (Å²) >= 11 is 0. The highest BCUT2D eigenvalue weighted by atomic mass is 16.5. The third-order valence-electron chi connectivity index (χ3n) is 2.68. The molecule has 2 heterocycles. The van der Waals surface area contributed by atoms with Crippen LogP contribution < -0.4 is 15.4 Å². The normalized spacial score (nSPS) is 20.5. The lowest BCUT2D eigenvalue weighted by atomic mass is 10.2. The van der Waals surface area contributed by atoms with Gasteiger partial charge in [-0.1, -0.05) is 6.07 Å². The Morgan fingerprint density at radius 2 is 2.60 bits per heavy atom. The third-order valence-corrected chi connectivity index (χ3v) is 2.68. The molecule has 1 atom stereocenters. The molecule has 2 rings (SSSR count). The van der Waals surface area contributed by atoms with Crippen molar-refractivity contribution in [3.63, 3.8) is 0 Å². The highest BCUT2D eigenvalue weighted by Gasteiger charge is 2.14. The van der Waals surface area contributed by atoms with Crippen molar-refractivity contribution in [2.75, 3.05) is 20.2 Å². The van der Waals surface area contributed by atoms with Crippen molar-refractivity contribution in [2.24, 2.45) is 0 Å². The predicted octanol–water partition coefficient (Wildman–Crippen LogP) is 0.542. The summed E-state index contributed by atoms with van der Waals surface area (Å²) < 4.78 is 5.19. The molecule has 4 heteroatoms. The van der Waals surface area contributed by atoms with Crippen molar-refractivity contribution in [2.45, 2.75) is 19.0 Å². The lowest BCUT2D eigenvalue weighted by molar-refractivity contribution is 0.389. The van der Waals surface area contributed by atoms with Crippen LogP contribution in [0.25, 0.3) is 0 Å². The van der Waals surface area contributed by atoms with Gasteiger partial charge in [0.2, 0.25) is 5.88 Å². The van der Waals surface area contributed by atoms with Crippen LogP contribution in [0.5, 0.6) is 5.88 Å². The second-order valence-electron chi connectivity index (χ2n) is 3.74. The van der Waals surface area contributed by atoms with E-state index in [0.29, 0.717) is 6.04 Å². The molecule has 1 aliphatic rings. The summed E-state index contributed by atoms with van der Waals surface area (Å²) in [5.41, 5.74) is 1.12. The van der Waals surface area contributed by atoms with Gasteiger partial charge < -0.3 is 15.4 Å². The van der Waals surface area contributed by atoms with Gasteiger partial charge in [-0.25, -0.2) is 4.98 Å². The van der Waals surface area contributed by atoms with Gasteiger partial charge in [0, 0.05) is 30.9 Å². The Morgan fingerprint density at radius 1 is 1.67 bits per heavy atom. The average molecular weight is 207 g/mol. The highest BCUT2D eigenvalue weighted by molar-refractivity contribution is 5.25. The van der Waals surface area contributed by atoms with E-state index in [0.717, 1.165) is 31.1 Å². The highest BCUT2D eigenvalue weighted by Crippen LogP contribution is 2.13. The summed E-state index contributed by atoms with van der Waals surface area (Å²) in [4.78, 5) is 4.16. The van der Waals surface area contributed by atoms with E-state index < -0.39 is 0 Å². The molecule has 1 aliphatic heterocycles. The first-order valence-corrected chi connectivity index (χ1v) is 5.32. The molecule has 1 aromatic heterocycles. The minimum atomic E-state index is 0.579. The van der Waals surface area contributed by atoms with Crippen molar-refractivity contribution in [3.8, 4) is 5.88 Å². The number of aromatic nitrogens is 1. The molecule has 1 unspecified atom stereocenters. The van der Waals surface area contributed by atoms with Crippen LogP contribution in [0, 0.1) is 0 Å². The molecule has 15 heavy (non-hydrogen) atoms. The molecule has 1 saturated heterocycles. The Kier molecular flexibility index (Phi) is 3.53. The molecule has 0 radical (unpaired) electrons. The van der Waals surface area contributed by atoms with E-state index in [-0.39, 0.29) is 0 Å². The maximum atomic E-state index is 5.19. The smallest absolute Gasteiger partial charge is 0.217 e. The fraction of sp³-hybridized carbons (Fsp3) is 0.545. The molecule has 0 spiro atoms. The molecule has 0 bridgehead atoms. The van der Waals surface area contributed by atoms with Gasteiger partial charge in [-0.3, -0.25) is 0 Å².